The van der Waals surface area contributed by atoms with Crippen molar-refractivity contribution in [3.63, 3.8) is 0 Å². The van der Waals surface area contributed by atoms with E-state index in [0.29, 0.717) is 17.9 Å². The van der Waals surface area contributed by atoms with Crippen LogP contribution in [0.15, 0.2) is 33.1 Å². The molecule has 0 aliphatic heterocycles. The van der Waals surface area contributed by atoms with Crippen LogP contribution in [0.25, 0.3) is 0 Å². The third-order valence-electron chi connectivity index (χ3n) is 2.48. The summed E-state index contributed by atoms with van der Waals surface area (Å²) in [5.74, 6) is 0.221. The van der Waals surface area contributed by atoms with Crippen molar-refractivity contribution in [1.82, 2.24) is 0 Å². The molecule has 1 rings (SSSR count). The molecule has 1 aromatic rings. The van der Waals surface area contributed by atoms with Gasteiger partial charge in [0.2, 0.25) is 0 Å². The molecule has 0 aliphatic carbocycles. The van der Waals surface area contributed by atoms with Gasteiger partial charge >= 0.3 is 5.63 Å². The molecular formula is C14H19NO4. The fraction of sp³-hybridized carbons (Fsp3) is 0.429. The minimum atomic E-state index is -0.602. The van der Waals surface area contributed by atoms with E-state index in [2.05, 4.69) is 11.7 Å². The van der Waals surface area contributed by atoms with E-state index in [1.807, 2.05) is 6.92 Å². The van der Waals surface area contributed by atoms with E-state index in [1.54, 1.807) is 13.0 Å². The van der Waals surface area contributed by atoms with Crippen LogP contribution in [-0.2, 0) is 4.84 Å². The molecular weight excluding hydrogens is 246 g/mol. The van der Waals surface area contributed by atoms with Gasteiger partial charge < -0.3 is 14.4 Å². The van der Waals surface area contributed by atoms with Crippen LogP contribution in [0, 0.1) is 6.92 Å². The Morgan fingerprint density at radius 3 is 2.95 bits per heavy atom. The van der Waals surface area contributed by atoms with Crippen LogP contribution in [0.4, 0.5) is 0 Å². The van der Waals surface area contributed by atoms with Gasteiger partial charge in [0.25, 0.3) is 0 Å². The Kier molecular flexibility index (Phi) is 5.85. The molecule has 0 aliphatic rings. The summed E-state index contributed by atoms with van der Waals surface area (Å²) in [5.41, 5.74) is -0.132. The van der Waals surface area contributed by atoms with Crippen LogP contribution in [0.1, 0.15) is 37.5 Å². The highest BCUT2D eigenvalue weighted by Crippen LogP contribution is 2.18. The molecule has 5 nitrogen and oxygen atoms in total. The van der Waals surface area contributed by atoms with Crippen molar-refractivity contribution in [1.29, 1.82) is 0 Å². The predicted molar refractivity (Wildman–Crippen MR) is 73.6 cm³/mol. The highest BCUT2D eigenvalue weighted by atomic mass is 16.6. The topological polar surface area (TPSA) is 72.0 Å². The Balaban J connectivity index is 3.13. The maximum Gasteiger partial charge on any atom is 0.349 e. The average Bonchev–Trinajstić information content (AvgIpc) is 2.34. The zero-order chi connectivity index (χ0) is 14.3. The Hall–Kier alpha value is -2.04. The van der Waals surface area contributed by atoms with Gasteiger partial charge in [-0.25, -0.2) is 4.79 Å². The first-order valence-corrected chi connectivity index (χ1v) is 6.24. The minimum absolute atomic E-state index is 0.0723. The van der Waals surface area contributed by atoms with Gasteiger partial charge in [0, 0.05) is 6.07 Å². The van der Waals surface area contributed by atoms with Crippen LogP contribution >= 0.6 is 0 Å². The summed E-state index contributed by atoms with van der Waals surface area (Å²) in [6, 6.07) is 1.39. The number of nitrogens with zero attached hydrogens (tertiary/aromatic N) is 1. The van der Waals surface area contributed by atoms with Crippen molar-refractivity contribution in [2.75, 3.05) is 6.61 Å². The van der Waals surface area contributed by atoms with Gasteiger partial charge in [0.05, 0.1) is 5.71 Å². The molecule has 0 bridgehead atoms. The van der Waals surface area contributed by atoms with Crippen molar-refractivity contribution in [2.45, 2.75) is 33.1 Å². The molecule has 0 aromatic carbocycles. The zero-order valence-electron chi connectivity index (χ0n) is 11.3. The SMILES string of the molecule is C=CCON=C(CCCC)c1c(O)cc(C)oc1=O. The molecule has 104 valence electrons. The zero-order valence-corrected chi connectivity index (χ0v) is 11.3. The molecule has 5 heteroatoms. The van der Waals surface area contributed by atoms with Crippen LogP contribution in [-0.4, -0.2) is 17.4 Å². The van der Waals surface area contributed by atoms with Gasteiger partial charge in [-0.3, -0.25) is 0 Å². The third kappa shape index (κ3) is 4.28. The second kappa shape index (κ2) is 7.41. The summed E-state index contributed by atoms with van der Waals surface area (Å²) in [7, 11) is 0. The molecule has 0 spiro atoms. The fourth-order valence-corrected chi connectivity index (χ4v) is 1.59. The molecule has 0 amide bonds. The first-order chi connectivity index (χ1) is 9.10. The molecule has 1 aromatic heterocycles. The summed E-state index contributed by atoms with van der Waals surface area (Å²) in [5, 5.41) is 13.8. The van der Waals surface area contributed by atoms with Crippen LogP contribution in [0.3, 0.4) is 0 Å². The largest absolute Gasteiger partial charge is 0.507 e. The van der Waals surface area contributed by atoms with Crippen molar-refractivity contribution in [3.8, 4) is 5.75 Å². The van der Waals surface area contributed by atoms with Gasteiger partial charge in [0.1, 0.15) is 23.7 Å². The molecule has 19 heavy (non-hydrogen) atoms. The third-order valence-corrected chi connectivity index (χ3v) is 2.48. The molecule has 1 N–H and O–H groups in total. The van der Waals surface area contributed by atoms with Gasteiger partial charge in [-0.2, -0.15) is 0 Å². The quantitative estimate of drug-likeness (QED) is 0.356. The monoisotopic (exact) mass is 265 g/mol. The van der Waals surface area contributed by atoms with Crippen molar-refractivity contribution < 1.29 is 14.4 Å². The molecule has 0 saturated heterocycles. The van der Waals surface area contributed by atoms with Crippen LogP contribution < -0.4 is 5.63 Å². The Bertz CT molecular complexity index is 517. The summed E-state index contributed by atoms with van der Waals surface area (Å²) in [6.45, 7) is 7.39. The lowest BCUT2D eigenvalue weighted by atomic mass is 10.1. The van der Waals surface area contributed by atoms with E-state index >= 15 is 0 Å². The maximum absolute atomic E-state index is 11.8. The predicted octanol–water partition coefficient (Wildman–Crippen LogP) is 2.75. The van der Waals surface area contributed by atoms with E-state index in [4.69, 9.17) is 9.25 Å². The van der Waals surface area contributed by atoms with Gasteiger partial charge in [-0.05, 0) is 19.8 Å². The average molecular weight is 265 g/mol. The number of aromatic hydroxyl groups is 1. The molecule has 0 atom stereocenters. The number of hydrogen-bond donors (Lipinski definition) is 1. The van der Waals surface area contributed by atoms with E-state index in [1.165, 1.54) is 6.07 Å². The number of aryl methyl sites for hydroxylation is 1. The van der Waals surface area contributed by atoms with E-state index in [-0.39, 0.29) is 17.9 Å². The summed E-state index contributed by atoms with van der Waals surface area (Å²) < 4.78 is 4.98. The highest BCUT2D eigenvalue weighted by molar-refractivity contribution is 6.01. The summed E-state index contributed by atoms with van der Waals surface area (Å²) >= 11 is 0. The second-order valence-corrected chi connectivity index (χ2v) is 4.13. The van der Waals surface area contributed by atoms with Crippen LogP contribution in [0.5, 0.6) is 5.75 Å². The second-order valence-electron chi connectivity index (χ2n) is 4.13. The molecule has 1 heterocycles. The van der Waals surface area contributed by atoms with Crippen molar-refractivity contribution >= 4 is 5.71 Å². The van der Waals surface area contributed by atoms with Gasteiger partial charge in [-0.1, -0.05) is 31.2 Å². The summed E-state index contributed by atoms with van der Waals surface area (Å²) in [6.07, 6.45) is 3.87. The van der Waals surface area contributed by atoms with E-state index in [0.717, 1.165) is 12.8 Å². The number of oxime groups is 1. The smallest absolute Gasteiger partial charge is 0.349 e. The Labute approximate surface area is 112 Å². The number of unbranched alkanes of at least 4 members (excludes halogenated alkanes) is 1. The Morgan fingerprint density at radius 2 is 2.37 bits per heavy atom. The van der Waals surface area contributed by atoms with Crippen LogP contribution in [0.2, 0.25) is 0 Å². The molecule has 0 radical (unpaired) electrons. The number of hydrogen-bond acceptors (Lipinski definition) is 5. The standard InChI is InChI=1S/C14H19NO4/c1-4-6-7-11(15-18-8-5-2)13-12(16)9-10(3)19-14(13)17/h5,9,16H,2,4,6-8H2,1,3H3. The van der Waals surface area contributed by atoms with Crippen molar-refractivity contribution in [3.05, 3.63) is 40.5 Å². The first-order valence-electron chi connectivity index (χ1n) is 6.24. The normalized spacial score (nSPS) is 11.4. The van der Waals surface area contributed by atoms with Gasteiger partial charge in [0.15, 0.2) is 0 Å². The van der Waals surface area contributed by atoms with E-state index in [9.17, 15) is 9.90 Å². The van der Waals surface area contributed by atoms with E-state index < -0.39 is 5.63 Å². The lowest BCUT2D eigenvalue weighted by molar-refractivity contribution is 0.174. The van der Waals surface area contributed by atoms with Crippen molar-refractivity contribution in [2.24, 2.45) is 5.16 Å². The Morgan fingerprint density at radius 1 is 1.63 bits per heavy atom. The summed E-state index contributed by atoms with van der Waals surface area (Å²) in [4.78, 5) is 16.8. The fourth-order valence-electron chi connectivity index (χ4n) is 1.59. The maximum atomic E-state index is 11.8. The minimum Gasteiger partial charge on any atom is -0.507 e. The molecule has 0 fully saturated rings. The highest BCUT2D eigenvalue weighted by Gasteiger charge is 2.16. The van der Waals surface area contributed by atoms with Gasteiger partial charge in [-0.15, -0.1) is 0 Å². The lowest BCUT2D eigenvalue weighted by Gasteiger charge is -2.07. The first kappa shape index (κ1) is 15.0. The molecule has 0 unspecified atom stereocenters. The molecule has 0 saturated carbocycles. The lowest BCUT2D eigenvalue weighted by Crippen LogP contribution is -2.16. The number of rotatable bonds is 7.